The van der Waals surface area contributed by atoms with Gasteiger partial charge in [0, 0.05) is 18.3 Å². The quantitative estimate of drug-likeness (QED) is 0.801. The first-order valence-corrected chi connectivity index (χ1v) is 8.93. The van der Waals surface area contributed by atoms with Gasteiger partial charge in [-0.3, -0.25) is 0 Å². The summed E-state index contributed by atoms with van der Waals surface area (Å²) in [6, 6.07) is 0. The molecule has 2 bridgehead atoms. The molecule has 8 unspecified atom stereocenters. The zero-order chi connectivity index (χ0) is 16.2. The summed E-state index contributed by atoms with van der Waals surface area (Å²) in [7, 11) is 0. The highest BCUT2D eigenvalue weighted by Gasteiger charge is 2.69. The summed E-state index contributed by atoms with van der Waals surface area (Å²) < 4.78 is 18.2. The largest absolute Gasteiger partial charge is 0.394 e. The van der Waals surface area contributed by atoms with Gasteiger partial charge in [0.15, 0.2) is 18.2 Å². The standard InChI is InChI=1S/C17H28O6/c1-10-4-5-13-11(2)14(19-9-8-18)20-15-17(13)12(10)6-7-16(3,21-15)22-23-17/h10-15,18H,4-9H2,1-3H3. The van der Waals surface area contributed by atoms with Crippen LogP contribution in [-0.4, -0.2) is 42.3 Å². The van der Waals surface area contributed by atoms with Crippen molar-refractivity contribution in [2.45, 2.75) is 70.4 Å². The second kappa shape index (κ2) is 5.64. The van der Waals surface area contributed by atoms with E-state index in [9.17, 15) is 0 Å². The number of rotatable bonds is 3. The number of hydrogen-bond donors (Lipinski definition) is 1. The highest BCUT2D eigenvalue weighted by molar-refractivity contribution is 5.09. The number of ether oxygens (including phenoxy) is 3. The molecule has 4 saturated heterocycles. The number of aliphatic hydroxyl groups excluding tert-OH is 1. The van der Waals surface area contributed by atoms with E-state index < -0.39 is 17.7 Å². The molecule has 4 aliphatic heterocycles. The molecule has 1 saturated carbocycles. The van der Waals surface area contributed by atoms with Crippen molar-refractivity contribution in [2.75, 3.05) is 13.2 Å². The van der Waals surface area contributed by atoms with Crippen LogP contribution in [0, 0.1) is 23.7 Å². The molecule has 8 atom stereocenters. The zero-order valence-corrected chi connectivity index (χ0v) is 14.2. The molecule has 0 aromatic rings. The molecular weight excluding hydrogens is 300 g/mol. The maximum Gasteiger partial charge on any atom is 0.201 e. The van der Waals surface area contributed by atoms with Crippen molar-refractivity contribution in [1.29, 1.82) is 0 Å². The maximum absolute atomic E-state index is 9.06. The summed E-state index contributed by atoms with van der Waals surface area (Å²) in [4.78, 5) is 11.8. The monoisotopic (exact) mass is 328 g/mol. The van der Waals surface area contributed by atoms with Gasteiger partial charge in [0.2, 0.25) is 5.79 Å². The van der Waals surface area contributed by atoms with Gasteiger partial charge >= 0.3 is 0 Å². The van der Waals surface area contributed by atoms with Crippen molar-refractivity contribution in [3.63, 3.8) is 0 Å². The average Bonchev–Trinajstić information content (AvgIpc) is 2.76. The second-order valence-electron chi connectivity index (χ2n) is 7.87. The van der Waals surface area contributed by atoms with E-state index in [2.05, 4.69) is 13.8 Å². The predicted octanol–water partition coefficient (Wildman–Crippen LogP) is 2.20. The summed E-state index contributed by atoms with van der Waals surface area (Å²) >= 11 is 0. The SMILES string of the molecule is CC1CCC2C(C)C(OCCO)OC3OC4(C)CCC1C32OO4. The van der Waals surface area contributed by atoms with Gasteiger partial charge in [-0.25, -0.2) is 9.78 Å². The van der Waals surface area contributed by atoms with E-state index in [1.807, 2.05) is 6.92 Å². The second-order valence-corrected chi connectivity index (χ2v) is 7.87. The van der Waals surface area contributed by atoms with Crippen molar-refractivity contribution < 1.29 is 29.1 Å². The van der Waals surface area contributed by atoms with Crippen molar-refractivity contribution in [3.05, 3.63) is 0 Å². The Morgan fingerprint density at radius 1 is 1.13 bits per heavy atom. The lowest BCUT2D eigenvalue weighted by Gasteiger charge is -2.60. The molecule has 132 valence electrons. The molecule has 5 rings (SSSR count). The van der Waals surface area contributed by atoms with Gasteiger partial charge in [-0.15, -0.1) is 0 Å². The van der Waals surface area contributed by atoms with Gasteiger partial charge < -0.3 is 19.3 Å². The molecule has 5 aliphatic rings. The van der Waals surface area contributed by atoms with Crippen LogP contribution in [0.2, 0.25) is 0 Å². The Hall–Kier alpha value is -0.240. The van der Waals surface area contributed by atoms with Crippen LogP contribution in [0.5, 0.6) is 0 Å². The molecule has 6 nitrogen and oxygen atoms in total. The third kappa shape index (κ3) is 2.30. The fraction of sp³-hybridized carbons (Fsp3) is 1.00. The average molecular weight is 328 g/mol. The smallest absolute Gasteiger partial charge is 0.201 e. The van der Waals surface area contributed by atoms with Crippen molar-refractivity contribution in [1.82, 2.24) is 0 Å². The van der Waals surface area contributed by atoms with Crippen LogP contribution in [0.3, 0.4) is 0 Å². The highest BCUT2D eigenvalue weighted by Crippen LogP contribution is 2.60. The molecule has 1 spiro atoms. The number of fused-ring (bicyclic) bond motifs is 2. The summed E-state index contributed by atoms with van der Waals surface area (Å²) in [6.07, 6.45) is 3.24. The molecular formula is C17H28O6. The van der Waals surface area contributed by atoms with Crippen molar-refractivity contribution in [3.8, 4) is 0 Å². The lowest BCUT2D eigenvalue weighted by Crippen LogP contribution is -2.70. The molecule has 1 aliphatic carbocycles. The van der Waals surface area contributed by atoms with Gasteiger partial charge in [-0.05, 0) is 38.0 Å². The van der Waals surface area contributed by atoms with Crippen LogP contribution in [0.15, 0.2) is 0 Å². The summed E-state index contributed by atoms with van der Waals surface area (Å²) in [5.74, 6) is 0.625. The van der Waals surface area contributed by atoms with Gasteiger partial charge in [-0.2, -0.15) is 0 Å². The van der Waals surface area contributed by atoms with Crippen LogP contribution in [0.25, 0.3) is 0 Å². The molecule has 5 fully saturated rings. The Morgan fingerprint density at radius 3 is 2.74 bits per heavy atom. The Morgan fingerprint density at radius 2 is 1.96 bits per heavy atom. The molecule has 1 N–H and O–H groups in total. The van der Waals surface area contributed by atoms with Crippen LogP contribution in [0.4, 0.5) is 0 Å². The van der Waals surface area contributed by atoms with Crippen LogP contribution in [0.1, 0.15) is 46.5 Å². The van der Waals surface area contributed by atoms with E-state index in [4.69, 9.17) is 29.1 Å². The first-order valence-electron chi connectivity index (χ1n) is 8.93. The Kier molecular flexibility index (Phi) is 3.99. The highest BCUT2D eigenvalue weighted by atomic mass is 17.3. The Bertz CT molecular complexity index is 458. The zero-order valence-electron chi connectivity index (χ0n) is 14.2. The van der Waals surface area contributed by atoms with Gasteiger partial charge in [0.05, 0.1) is 13.2 Å². The fourth-order valence-corrected chi connectivity index (χ4v) is 5.23. The Balaban J connectivity index is 1.70. The van der Waals surface area contributed by atoms with Crippen molar-refractivity contribution >= 4 is 0 Å². The molecule has 0 amide bonds. The first-order chi connectivity index (χ1) is 11.0. The van der Waals surface area contributed by atoms with E-state index >= 15 is 0 Å². The molecule has 0 aromatic carbocycles. The molecule has 0 aromatic heterocycles. The van der Waals surface area contributed by atoms with E-state index in [0.717, 1.165) is 19.3 Å². The molecule has 6 heteroatoms. The molecule has 23 heavy (non-hydrogen) atoms. The third-order valence-corrected chi connectivity index (χ3v) is 6.47. The summed E-state index contributed by atoms with van der Waals surface area (Å²) in [5, 5.41) is 9.06. The van der Waals surface area contributed by atoms with Gasteiger partial charge in [-0.1, -0.05) is 13.8 Å². The minimum absolute atomic E-state index is 0.00903. The van der Waals surface area contributed by atoms with Gasteiger partial charge in [0.25, 0.3) is 0 Å². The van der Waals surface area contributed by atoms with E-state index in [1.165, 1.54) is 6.42 Å². The number of aliphatic hydroxyl groups is 1. The van der Waals surface area contributed by atoms with E-state index in [0.29, 0.717) is 11.8 Å². The fourth-order valence-electron chi connectivity index (χ4n) is 5.23. The lowest BCUT2D eigenvalue weighted by atomic mass is 9.58. The minimum atomic E-state index is -0.750. The van der Waals surface area contributed by atoms with Gasteiger partial charge in [0.1, 0.15) is 0 Å². The number of hydrogen-bond acceptors (Lipinski definition) is 6. The van der Waals surface area contributed by atoms with Crippen LogP contribution >= 0.6 is 0 Å². The van der Waals surface area contributed by atoms with E-state index in [-0.39, 0.29) is 31.3 Å². The Labute approximate surface area is 137 Å². The normalized spacial score (nSPS) is 55.3. The first kappa shape index (κ1) is 16.2. The summed E-state index contributed by atoms with van der Waals surface area (Å²) in [6.45, 7) is 6.63. The lowest BCUT2D eigenvalue weighted by molar-refractivity contribution is -0.577. The van der Waals surface area contributed by atoms with E-state index in [1.54, 1.807) is 0 Å². The third-order valence-electron chi connectivity index (χ3n) is 6.47. The topological polar surface area (TPSA) is 66.4 Å². The van der Waals surface area contributed by atoms with Crippen LogP contribution < -0.4 is 0 Å². The maximum atomic E-state index is 9.06. The summed E-state index contributed by atoms with van der Waals surface area (Å²) in [5.41, 5.74) is -0.536. The van der Waals surface area contributed by atoms with Crippen molar-refractivity contribution in [2.24, 2.45) is 23.7 Å². The predicted molar refractivity (Wildman–Crippen MR) is 79.9 cm³/mol. The van der Waals surface area contributed by atoms with Crippen LogP contribution in [-0.2, 0) is 24.0 Å². The minimum Gasteiger partial charge on any atom is -0.394 e. The molecule has 4 heterocycles. The molecule has 0 radical (unpaired) electrons.